The number of benzene rings is 3. The minimum atomic E-state index is -0.165. The lowest BCUT2D eigenvalue weighted by atomic mass is 10.2. The Hall–Kier alpha value is -3.18. The van der Waals surface area contributed by atoms with E-state index in [-0.39, 0.29) is 5.91 Å². The smallest absolute Gasteiger partial charge is 0.265 e. The molecule has 4 nitrogen and oxygen atoms in total. The van der Waals surface area contributed by atoms with Crippen molar-refractivity contribution in [3.63, 3.8) is 0 Å². The molecule has 0 saturated carbocycles. The van der Waals surface area contributed by atoms with Gasteiger partial charge in [-0.05, 0) is 60.6 Å². The minimum Gasteiger partial charge on any atom is -0.432 e. The summed E-state index contributed by atoms with van der Waals surface area (Å²) < 4.78 is 5.88. The molecule has 0 aromatic heterocycles. The van der Waals surface area contributed by atoms with Crippen LogP contribution < -0.4 is 10.1 Å². The van der Waals surface area contributed by atoms with E-state index < -0.39 is 0 Å². The van der Waals surface area contributed by atoms with Gasteiger partial charge in [0.1, 0.15) is 5.75 Å². The second-order valence-corrected chi connectivity index (χ2v) is 6.97. The number of para-hydroxylation sites is 1. The highest BCUT2D eigenvalue weighted by atomic mass is 32.1. The van der Waals surface area contributed by atoms with Crippen LogP contribution in [0.25, 0.3) is 0 Å². The molecule has 29 heavy (non-hydrogen) atoms. The number of nitrogens with one attached hydrogen (secondary N) is 1. The lowest BCUT2D eigenvalue weighted by Crippen LogP contribution is -2.33. The molecule has 3 aromatic carbocycles. The third-order valence-corrected chi connectivity index (χ3v) is 4.66. The van der Waals surface area contributed by atoms with Gasteiger partial charge in [-0.2, -0.15) is 0 Å². The molecule has 148 valence electrons. The molecule has 5 heteroatoms. The quantitative estimate of drug-likeness (QED) is 0.527. The highest BCUT2D eigenvalue weighted by Crippen LogP contribution is 2.16. The first-order valence-corrected chi connectivity index (χ1v) is 10.0. The third-order valence-electron chi connectivity index (χ3n) is 4.32. The molecule has 3 aromatic rings. The fourth-order valence-electron chi connectivity index (χ4n) is 2.87. The molecule has 0 aliphatic rings. The maximum atomic E-state index is 12.4. The van der Waals surface area contributed by atoms with Crippen LogP contribution in [0, 0.1) is 0 Å². The number of nitrogens with zero attached hydrogens (tertiary/aromatic N) is 1. The van der Waals surface area contributed by atoms with Gasteiger partial charge in [0.15, 0.2) is 0 Å². The molecule has 0 aliphatic heterocycles. The first-order chi connectivity index (χ1) is 14.2. The van der Waals surface area contributed by atoms with E-state index in [2.05, 4.69) is 24.4 Å². The minimum absolute atomic E-state index is 0.165. The zero-order chi connectivity index (χ0) is 20.5. The SMILES string of the molecule is CCCN(Cc1ccccc1)C(=S)Oc1ccc(C(=O)Nc2ccccc2)cc1. The van der Waals surface area contributed by atoms with Gasteiger partial charge in [0, 0.05) is 24.3 Å². The average Bonchev–Trinajstić information content (AvgIpc) is 2.75. The number of carbonyl (C=O) groups excluding carboxylic acids is 1. The Kier molecular flexibility index (Phi) is 7.36. The van der Waals surface area contributed by atoms with Crippen LogP contribution in [-0.4, -0.2) is 22.5 Å². The van der Waals surface area contributed by atoms with Gasteiger partial charge in [-0.3, -0.25) is 4.79 Å². The highest BCUT2D eigenvalue weighted by Gasteiger charge is 2.13. The Morgan fingerprint density at radius 2 is 1.55 bits per heavy atom. The van der Waals surface area contributed by atoms with Gasteiger partial charge in [-0.15, -0.1) is 0 Å². The van der Waals surface area contributed by atoms with Crippen molar-refractivity contribution in [3.8, 4) is 5.75 Å². The van der Waals surface area contributed by atoms with Crippen molar-refractivity contribution in [2.24, 2.45) is 0 Å². The fraction of sp³-hybridized carbons (Fsp3) is 0.167. The van der Waals surface area contributed by atoms with Crippen molar-refractivity contribution in [2.45, 2.75) is 19.9 Å². The molecular weight excluding hydrogens is 380 g/mol. The van der Waals surface area contributed by atoms with E-state index in [1.54, 1.807) is 24.3 Å². The zero-order valence-corrected chi connectivity index (χ0v) is 17.2. The summed E-state index contributed by atoms with van der Waals surface area (Å²) in [7, 11) is 0. The number of amides is 1. The monoisotopic (exact) mass is 404 g/mol. The van der Waals surface area contributed by atoms with Crippen molar-refractivity contribution >= 4 is 29.0 Å². The maximum absolute atomic E-state index is 12.4. The van der Waals surface area contributed by atoms with Crippen LogP contribution in [0.4, 0.5) is 5.69 Å². The summed E-state index contributed by atoms with van der Waals surface area (Å²) in [5.74, 6) is 0.447. The summed E-state index contributed by atoms with van der Waals surface area (Å²) in [6, 6.07) is 26.5. The van der Waals surface area contributed by atoms with Gasteiger partial charge >= 0.3 is 0 Å². The van der Waals surface area contributed by atoms with E-state index in [1.165, 1.54) is 5.56 Å². The highest BCUT2D eigenvalue weighted by molar-refractivity contribution is 7.80. The molecule has 3 rings (SSSR count). The van der Waals surface area contributed by atoms with Crippen LogP contribution in [0.5, 0.6) is 5.75 Å². The van der Waals surface area contributed by atoms with Crippen LogP contribution in [-0.2, 0) is 6.54 Å². The van der Waals surface area contributed by atoms with E-state index in [1.807, 2.05) is 53.4 Å². The third kappa shape index (κ3) is 6.16. The number of thiocarbonyl (C=S) groups is 1. The number of anilines is 1. The summed E-state index contributed by atoms with van der Waals surface area (Å²) in [6.45, 7) is 3.62. The lowest BCUT2D eigenvalue weighted by Gasteiger charge is -2.24. The second kappa shape index (κ2) is 10.4. The number of ether oxygens (including phenoxy) is 1. The molecule has 0 radical (unpaired) electrons. The summed E-state index contributed by atoms with van der Waals surface area (Å²) in [5.41, 5.74) is 2.50. The molecule has 0 unspecified atom stereocenters. The molecule has 0 bridgehead atoms. The molecule has 0 saturated heterocycles. The van der Waals surface area contributed by atoms with Gasteiger partial charge in [0.2, 0.25) is 0 Å². The van der Waals surface area contributed by atoms with Crippen molar-refractivity contribution in [3.05, 3.63) is 96.1 Å². The summed E-state index contributed by atoms with van der Waals surface area (Å²) in [6.07, 6.45) is 0.967. The van der Waals surface area contributed by atoms with Gasteiger partial charge in [0.25, 0.3) is 11.1 Å². The van der Waals surface area contributed by atoms with Gasteiger partial charge in [-0.1, -0.05) is 55.5 Å². The summed E-state index contributed by atoms with van der Waals surface area (Å²) in [4.78, 5) is 14.4. The predicted octanol–water partition coefficient (Wildman–Crippen LogP) is 5.51. The predicted molar refractivity (Wildman–Crippen MR) is 121 cm³/mol. The van der Waals surface area contributed by atoms with Crippen molar-refractivity contribution in [2.75, 3.05) is 11.9 Å². The van der Waals surface area contributed by atoms with Crippen LogP contribution in [0.3, 0.4) is 0 Å². The topological polar surface area (TPSA) is 41.6 Å². The Labute approximate surface area is 177 Å². The number of hydrogen-bond donors (Lipinski definition) is 1. The van der Waals surface area contributed by atoms with Gasteiger partial charge in [0.05, 0.1) is 0 Å². The van der Waals surface area contributed by atoms with Crippen LogP contribution in [0.1, 0.15) is 29.3 Å². The first-order valence-electron chi connectivity index (χ1n) is 9.63. The summed E-state index contributed by atoms with van der Waals surface area (Å²) >= 11 is 5.52. The fourth-order valence-corrected chi connectivity index (χ4v) is 3.13. The molecule has 0 fully saturated rings. The van der Waals surface area contributed by atoms with Crippen LogP contribution in [0.15, 0.2) is 84.9 Å². The lowest BCUT2D eigenvalue weighted by molar-refractivity contribution is 0.102. The van der Waals surface area contributed by atoms with E-state index in [4.69, 9.17) is 17.0 Å². The average molecular weight is 405 g/mol. The Balaban J connectivity index is 1.61. The van der Waals surface area contributed by atoms with Crippen molar-refractivity contribution in [1.82, 2.24) is 4.90 Å². The standard InChI is InChI=1S/C24H24N2O2S/c1-2-17-26(18-19-9-5-3-6-10-19)24(29)28-22-15-13-20(14-16-22)23(27)25-21-11-7-4-8-12-21/h3-16H,2,17-18H2,1H3,(H,25,27). The first kappa shape index (κ1) is 20.6. The Bertz CT molecular complexity index is 928. The molecule has 0 aliphatic carbocycles. The van der Waals surface area contributed by atoms with Crippen LogP contribution in [0.2, 0.25) is 0 Å². The largest absolute Gasteiger partial charge is 0.432 e. The van der Waals surface area contributed by atoms with Gasteiger partial charge < -0.3 is 15.0 Å². The van der Waals surface area contributed by atoms with Gasteiger partial charge in [-0.25, -0.2) is 0 Å². The maximum Gasteiger partial charge on any atom is 0.265 e. The van der Waals surface area contributed by atoms with E-state index in [9.17, 15) is 4.79 Å². The van der Waals surface area contributed by atoms with Crippen molar-refractivity contribution < 1.29 is 9.53 Å². The zero-order valence-electron chi connectivity index (χ0n) is 16.4. The summed E-state index contributed by atoms with van der Waals surface area (Å²) in [5, 5.41) is 3.29. The molecule has 1 amide bonds. The number of carbonyl (C=O) groups is 1. The van der Waals surface area contributed by atoms with Crippen LogP contribution >= 0.6 is 12.2 Å². The number of rotatable bonds is 7. The second-order valence-electron chi connectivity index (χ2n) is 6.62. The normalized spacial score (nSPS) is 10.2. The van der Waals surface area contributed by atoms with E-state index in [0.29, 0.717) is 23.0 Å². The Morgan fingerprint density at radius 3 is 2.17 bits per heavy atom. The molecule has 0 heterocycles. The van der Waals surface area contributed by atoms with Crippen molar-refractivity contribution in [1.29, 1.82) is 0 Å². The molecule has 1 N–H and O–H groups in total. The van der Waals surface area contributed by atoms with E-state index in [0.717, 1.165) is 18.7 Å². The number of hydrogen-bond acceptors (Lipinski definition) is 3. The molecule has 0 spiro atoms. The van der Waals surface area contributed by atoms with E-state index >= 15 is 0 Å². The Morgan fingerprint density at radius 1 is 0.931 bits per heavy atom. The molecular formula is C24H24N2O2S. The molecule has 0 atom stereocenters.